The number of aryl methyl sites for hydroxylation is 1. The number of hydrogen-bond donors (Lipinski definition) is 1. The maximum atomic E-state index is 11.9. The van der Waals surface area contributed by atoms with Crippen LogP contribution in [0.15, 0.2) is 18.2 Å². The van der Waals surface area contributed by atoms with Crippen LogP contribution < -0.4 is 10.1 Å². The molecule has 0 bridgehead atoms. The van der Waals surface area contributed by atoms with Crippen LogP contribution >= 0.6 is 0 Å². The van der Waals surface area contributed by atoms with Crippen molar-refractivity contribution in [3.8, 4) is 5.75 Å². The standard InChI is InChI=1S/C12H15F2NO/c13-12(14)8-15-7-9-3-4-11-10(6-9)2-1-5-16-11/h3-4,6,12,15H,1-2,5,7-8H2. The molecule has 16 heavy (non-hydrogen) atoms. The lowest BCUT2D eigenvalue weighted by atomic mass is 10.0. The van der Waals surface area contributed by atoms with E-state index in [2.05, 4.69) is 5.32 Å². The zero-order chi connectivity index (χ0) is 11.4. The van der Waals surface area contributed by atoms with Crippen LogP contribution in [0, 0.1) is 0 Å². The smallest absolute Gasteiger partial charge is 0.250 e. The number of fused-ring (bicyclic) bond motifs is 1. The minimum Gasteiger partial charge on any atom is -0.493 e. The first-order valence-electron chi connectivity index (χ1n) is 5.49. The summed E-state index contributed by atoms with van der Waals surface area (Å²) >= 11 is 0. The van der Waals surface area contributed by atoms with Crippen LogP contribution in [0.4, 0.5) is 8.78 Å². The molecule has 2 rings (SSSR count). The molecule has 1 aliphatic heterocycles. The van der Waals surface area contributed by atoms with Gasteiger partial charge in [-0.25, -0.2) is 8.78 Å². The number of alkyl halides is 2. The fraction of sp³-hybridized carbons (Fsp3) is 0.500. The molecule has 88 valence electrons. The Morgan fingerprint density at radius 2 is 2.25 bits per heavy atom. The van der Waals surface area contributed by atoms with Crippen molar-refractivity contribution in [1.29, 1.82) is 0 Å². The van der Waals surface area contributed by atoms with Crippen molar-refractivity contribution < 1.29 is 13.5 Å². The summed E-state index contributed by atoms with van der Waals surface area (Å²) in [7, 11) is 0. The molecule has 1 aliphatic rings. The average molecular weight is 227 g/mol. The molecule has 0 unspecified atom stereocenters. The van der Waals surface area contributed by atoms with Gasteiger partial charge in [-0.1, -0.05) is 12.1 Å². The fourth-order valence-electron chi connectivity index (χ4n) is 1.85. The first kappa shape index (κ1) is 11.3. The Kier molecular flexibility index (Phi) is 3.72. The maximum Gasteiger partial charge on any atom is 0.250 e. The third kappa shape index (κ3) is 2.92. The highest BCUT2D eigenvalue weighted by atomic mass is 19.3. The highest BCUT2D eigenvalue weighted by molar-refractivity contribution is 5.38. The molecule has 0 saturated heterocycles. The van der Waals surface area contributed by atoms with Gasteiger partial charge in [-0.3, -0.25) is 0 Å². The molecule has 0 aliphatic carbocycles. The zero-order valence-corrected chi connectivity index (χ0v) is 9.01. The van der Waals surface area contributed by atoms with Crippen LogP contribution in [0.25, 0.3) is 0 Å². The second-order valence-electron chi connectivity index (χ2n) is 3.92. The SMILES string of the molecule is FC(F)CNCc1ccc2c(c1)CCCO2. The van der Waals surface area contributed by atoms with Crippen LogP contribution in [0.2, 0.25) is 0 Å². The van der Waals surface area contributed by atoms with Gasteiger partial charge in [0, 0.05) is 6.54 Å². The van der Waals surface area contributed by atoms with Gasteiger partial charge in [0.1, 0.15) is 5.75 Å². The Labute approximate surface area is 93.6 Å². The lowest BCUT2D eigenvalue weighted by molar-refractivity contribution is 0.145. The van der Waals surface area contributed by atoms with E-state index in [1.165, 1.54) is 5.56 Å². The number of halogens is 2. The molecule has 4 heteroatoms. The van der Waals surface area contributed by atoms with Crippen molar-refractivity contribution in [1.82, 2.24) is 5.32 Å². The van der Waals surface area contributed by atoms with E-state index in [1.54, 1.807) is 0 Å². The third-order valence-corrected chi connectivity index (χ3v) is 2.60. The van der Waals surface area contributed by atoms with Crippen molar-refractivity contribution >= 4 is 0 Å². The second-order valence-corrected chi connectivity index (χ2v) is 3.92. The first-order valence-corrected chi connectivity index (χ1v) is 5.49. The lowest BCUT2D eigenvalue weighted by Crippen LogP contribution is -2.20. The summed E-state index contributed by atoms with van der Waals surface area (Å²) in [4.78, 5) is 0. The Bertz CT molecular complexity index is 355. The highest BCUT2D eigenvalue weighted by Crippen LogP contribution is 2.25. The highest BCUT2D eigenvalue weighted by Gasteiger charge is 2.10. The van der Waals surface area contributed by atoms with E-state index < -0.39 is 6.43 Å². The molecule has 1 N–H and O–H groups in total. The van der Waals surface area contributed by atoms with E-state index in [0.29, 0.717) is 6.54 Å². The van der Waals surface area contributed by atoms with Gasteiger partial charge in [0.05, 0.1) is 13.2 Å². The average Bonchev–Trinajstić information content (AvgIpc) is 2.28. The van der Waals surface area contributed by atoms with Gasteiger partial charge in [0.15, 0.2) is 0 Å². The van der Waals surface area contributed by atoms with Crippen molar-refractivity contribution in [3.63, 3.8) is 0 Å². The van der Waals surface area contributed by atoms with Gasteiger partial charge in [-0.2, -0.15) is 0 Å². The summed E-state index contributed by atoms with van der Waals surface area (Å²) < 4.78 is 29.3. The van der Waals surface area contributed by atoms with E-state index in [-0.39, 0.29) is 6.54 Å². The zero-order valence-electron chi connectivity index (χ0n) is 9.01. The maximum absolute atomic E-state index is 11.9. The van der Waals surface area contributed by atoms with Crippen molar-refractivity contribution in [2.45, 2.75) is 25.8 Å². The van der Waals surface area contributed by atoms with E-state index in [0.717, 1.165) is 30.8 Å². The van der Waals surface area contributed by atoms with Crippen LogP contribution in [-0.2, 0) is 13.0 Å². The van der Waals surface area contributed by atoms with E-state index >= 15 is 0 Å². The minimum atomic E-state index is -2.29. The molecular weight excluding hydrogens is 212 g/mol. The normalized spacial score (nSPS) is 14.7. The van der Waals surface area contributed by atoms with Gasteiger partial charge in [-0.05, 0) is 30.0 Å². The summed E-state index contributed by atoms with van der Waals surface area (Å²) in [5.41, 5.74) is 2.22. The molecular formula is C12H15F2NO. The Morgan fingerprint density at radius 3 is 3.06 bits per heavy atom. The van der Waals surface area contributed by atoms with Gasteiger partial charge in [-0.15, -0.1) is 0 Å². The van der Waals surface area contributed by atoms with Crippen molar-refractivity contribution in [2.24, 2.45) is 0 Å². The largest absolute Gasteiger partial charge is 0.493 e. The molecule has 2 nitrogen and oxygen atoms in total. The predicted octanol–water partition coefficient (Wildman–Crippen LogP) is 2.37. The molecule has 0 amide bonds. The molecule has 0 aromatic heterocycles. The van der Waals surface area contributed by atoms with E-state index in [1.807, 2.05) is 18.2 Å². The van der Waals surface area contributed by atoms with Gasteiger partial charge < -0.3 is 10.1 Å². The lowest BCUT2D eigenvalue weighted by Gasteiger charge is -2.18. The molecule has 0 saturated carbocycles. The van der Waals surface area contributed by atoms with Gasteiger partial charge in [0.2, 0.25) is 0 Å². The summed E-state index contributed by atoms with van der Waals surface area (Å²) in [6.07, 6.45) is -0.250. The summed E-state index contributed by atoms with van der Waals surface area (Å²) in [5.74, 6) is 0.934. The number of hydrogen-bond acceptors (Lipinski definition) is 2. The van der Waals surface area contributed by atoms with E-state index in [4.69, 9.17) is 4.74 Å². The number of nitrogens with one attached hydrogen (secondary N) is 1. The van der Waals surface area contributed by atoms with Crippen molar-refractivity contribution in [3.05, 3.63) is 29.3 Å². The van der Waals surface area contributed by atoms with E-state index in [9.17, 15) is 8.78 Å². The molecule has 1 heterocycles. The third-order valence-electron chi connectivity index (χ3n) is 2.60. The summed E-state index contributed by atoms with van der Waals surface area (Å²) in [6, 6.07) is 5.88. The van der Waals surface area contributed by atoms with Crippen LogP contribution in [-0.4, -0.2) is 19.6 Å². The Morgan fingerprint density at radius 1 is 1.38 bits per heavy atom. The molecule has 1 aromatic rings. The molecule has 0 fully saturated rings. The topological polar surface area (TPSA) is 21.3 Å². The van der Waals surface area contributed by atoms with Crippen LogP contribution in [0.3, 0.4) is 0 Å². The Hall–Kier alpha value is -1.16. The summed E-state index contributed by atoms with van der Waals surface area (Å²) in [5, 5.41) is 2.72. The summed E-state index contributed by atoms with van der Waals surface area (Å²) in [6.45, 7) is 1.00. The molecule has 0 atom stereocenters. The minimum absolute atomic E-state index is 0.256. The fourth-order valence-corrected chi connectivity index (χ4v) is 1.85. The predicted molar refractivity (Wildman–Crippen MR) is 58.0 cm³/mol. The quantitative estimate of drug-likeness (QED) is 0.852. The molecule has 0 spiro atoms. The van der Waals surface area contributed by atoms with Gasteiger partial charge in [0.25, 0.3) is 6.43 Å². The number of rotatable bonds is 4. The first-order chi connectivity index (χ1) is 7.75. The van der Waals surface area contributed by atoms with Crippen LogP contribution in [0.5, 0.6) is 5.75 Å². The van der Waals surface area contributed by atoms with Crippen LogP contribution in [0.1, 0.15) is 17.5 Å². The second kappa shape index (κ2) is 5.25. The molecule has 1 aromatic carbocycles. The molecule has 0 radical (unpaired) electrons. The van der Waals surface area contributed by atoms with Crippen molar-refractivity contribution in [2.75, 3.05) is 13.2 Å². The van der Waals surface area contributed by atoms with Gasteiger partial charge >= 0.3 is 0 Å². The monoisotopic (exact) mass is 227 g/mol. The Balaban J connectivity index is 1.95. The number of benzene rings is 1. The number of ether oxygens (including phenoxy) is 1.